The van der Waals surface area contributed by atoms with Crippen molar-refractivity contribution in [2.45, 2.75) is 6.54 Å². The molecule has 0 spiro atoms. The van der Waals surface area contributed by atoms with E-state index in [2.05, 4.69) is 5.32 Å². The van der Waals surface area contributed by atoms with Crippen molar-refractivity contribution in [2.24, 2.45) is 0 Å². The lowest BCUT2D eigenvalue weighted by Gasteiger charge is -2.10. The van der Waals surface area contributed by atoms with E-state index in [1.165, 1.54) is 12.1 Å². The average Bonchev–Trinajstić information content (AvgIpc) is 2.46. The second kappa shape index (κ2) is 6.06. The topological polar surface area (TPSA) is 59.6 Å². The summed E-state index contributed by atoms with van der Waals surface area (Å²) < 4.78 is 13.4. The van der Waals surface area contributed by atoms with Crippen molar-refractivity contribution >= 4 is 17.3 Å². The summed E-state index contributed by atoms with van der Waals surface area (Å²) >= 11 is 6.05. The third-order valence-corrected chi connectivity index (χ3v) is 3.13. The second-order valence-electron chi connectivity index (χ2n) is 4.05. The van der Waals surface area contributed by atoms with Crippen LogP contribution in [0.5, 0.6) is 0 Å². The van der Waals surface area contributed by atoms with Crippen molar-refractivity contribution in [3.05, 3.63) is 63.9 Å². The molecule has 0 unspecified atom stereocenters. The Morgan fingerprint density at radius 3 is 2.60 bits per heavy atom. The fourth-order valence-electron chi connectivity index (χ4n) is 1.74. The Hall–Kier alpha value is -2.56. The molecular formula is C15H9ClFN3. The molecule has 2 rings (SSSR count). The Labute approximate surface area is 120 Å². The van der Waals surface area contributed by atoms with Gasteiger partial charge in [-0.3, -0.25) is 0 Å². The van der Waals surface area contributed by atoms with Gasteiger partial charge in [0, 0.05) is 11.6 Å². The SMILES string of the molecule is N#Cc1ccc(CNc2cccc(F)c2C#N)c(Cl)c1. The van der Waals surface area contributed by atoms with Gasteiger partial charge in [-0.2, -0.15) is 10.5 Å². The number of halogens is 2. The fraction of sp³-hybridized carbons (Fsp3) is 0.0667. The summed E-state index contributed by atoms with van der Waals surface area (Å²) in [6, 6.07) is 13.1. The van der Waals surface area contributed by atoms with E-state index in [4.69, 9.17) is 22.1 Å². The molecule has 98 valence electrons. The van der Waals surface area contributed by atoms with Gasteiger partial charge in [-0.05, 0) is 29.8 Å². The number of rotatable bonds is 3. The third kappa shape index (κ3) is 2.88. The van der Waals surface area contributed by atoms with Gasteiger partial charge in [-0.25, -0.2) is 4.39 Å². The highest BCUT2D eigenvalue weighted by atomic mass is 35.5. The Morgan fingerprint density at radius 2 is 1.95 bits per heavy atom. The molecule has 0 heterocycles. The van der Waals surface area contributed by atoms with Gasteiger partial charge in [-0.1, -0.05) is 23.7 Å². The van der Waals surface area contributed by atoms with Crippen LogP contribution in [0, 0.1) is 28.5 Å². The van der Waals surface area contributed by atoms with E-state index in [-0.39, 0.29) is 5.56 Å². The van der Waals surface area contributed by atoms with Crippen LogP contribution in [0.25, 0.3) is 0 Å². The monoisotopic (exact) mass is 285 g/mol. The Balaban J connectivity index is 2.20. The van der Waals surface area contributed by atoms with Gasteiger partial charge in [0.2, 0.25) is 0 Å². The summed E-state index contributed by atoms with van der Waals surface area (Å²) in [5, 5.41) is 21.1. The number of nitrogens with one attached hydrogen (secondary N) is 1. The van der Waals surface area contributed by atoms with Crippen molar-refractivity contribution in [2.75, 3.05) is 5.32 Å². The van der Waals surface area contributed by atoms with Gasteiger partial charge in [0.1, 0.15) is 17.4 Å². The molecular weight excluding hydrogens is 277 g/mol. The van der Waals surface area contributed by atoms with Crippen LogP contribution in [0.3, 0.4) is 0 Å². The van der Waals surface area contributed by atoms with Crippen molar-refractivity contribution < 1.29 is 4.39 Å². The smallest absolute Gasteiger partial charge is 0.143 e. The largest absolute Gasteiger partial charge is 0.380 e. The van der Waals surface area contributed by atoms with E-state index >= 15 is 0 Å². The molecule has 0 aliphatic rings. The summed E-state index contributed by atoms with van der Waals surface area (Å²) in [5.74, 6) is -0.566. The molecule has 0 atom stereocenters. The van der Waals surface area contributed by atoms with Gasteiger partial charge in [0.05, 0.1) is 17.3 Å². The van der Waals surface area contributed by atoms with Crippen LogP contribution >= 0.6 is 11.6 Å². The van der Waals surface area contributed by atoms with Crippen LogP contribution in [0.4, 0.5) is 10.1 Å². The zero-order valence-electron chi connectivity index (χ0n) is 10.3. The van der Waals surface area contributed by atoms with Crippen LogP contribution in [0.1, 0.15) is 16.7 Å². The highest BCUT2D eigenvalue weighted by molar-refractivity contribution is 6.31. The number of hydrogen-bond acceptors (Lipinski definition) is 3. The van der Waals surface area contributed by atoms with Crippen LogP contribution in [-0.2, 0) is 6.54 Å². The normalized spacial score (nSPS) is 9.60. The number of anilines is 1. The molecule has 1 N–H and O–H groups in total. The fourth-order valence-corrected chi connectivity index (χ4v) is 1.98. The first-order valence-corrected chi connectivity index (χ1v) is 6.14. The van der Waals surface area contributed by atoms with Crippen LogP contribution < -0.4 is 5.32 Å². The lowest BCUT2D eigenvalue weighted by Crippen LogP contribution is -2.03. The lowest BCUT2D eigenvalue weighted by atomic mass is 10.1. The zero-order chi connectivity index (χ0) is 14.5. The molecule has 5 heteroatoms. The number of nitrogens with zero attached hydrogens (tertiary/aromatic N) is 2. The Kier molecular flexibility index (Phi) is 4.20. The summed E-state index contributed by atoms with van der Waals surface area (Å²) in [4.78, 5) is 0. The maximum absolute atomic E-state index is 13.4. The molecule has 0 saturated carbocycles. The van der Waals surface area contributed by atoms with Gasteiger partial charge in [0.15, 0.2) is 0 Å². The lowest BCUT2D eigenvalue weighted by molar-refractivity contribution is 0.624. The molecule has 0 aliphatic heterocycles. The summed E-state index contributed by atoms with van der Waals surface area (Å²) in [6.45, 7) is 0.336. The molecule has 0 radical (unpaired) electrons. The minimum absolute atomic E-state index is 0.0303. The molecule has 2 aromatic rings. The zero-order valence-corrected chi connectivity index (χ0v) is 11.1. The van der Waals surface area contributed by atoms with E-state index in [1.807, 2.05) is 12.1 Å². The average molecular weight is 286 g/mol. The first-order valence-electron chi connectivity index (χ1n) is 5.76. The minimum atomic E-state index is -0.566. The molecule has 3 nitrogen and oxygen atoms in total. The van der Waals surface area contributed by atoms with Gasteiger partial charge in [-0.15, -0.1) is 0 Å². The summed E-state index contributed by atoms with van der Waals surface area (Å²) in [7, 11) is 0. The minimum Gasteiger partial charge on any atom is -0.380 e. The van der Waals surface area contributed by atoms with Gasteiger partial charge >= 0.3 is 0 Å². The van der Waals surface area contributed by atoms with E-state index in [0.717, 1.165) is 5.56 Å². The summed E-state index contributed by atoms with van der Waals surface area (Å²) in [6.07, 6.45) is 0. The van der Waals surface area contributed by atoms with Crippen molar-refractivity contribution in [1.29, 1.82) is 10.5 Å². The first-order chi connectivity index (χ1) is 9.65. The molecule has 0 aromatic heterocycles. The van der Waals surface area contributed by atoms with Crippen LogP contribution in [0.15, 0.2) is 36.4 Å². The number of hydrogen-bond donors (Lipinski definition) is 1. The molecule has 0 amide bonds. The predicted octanol–water partition coefficient (Wildman–Crippen LogP) is 3.83. The maximum Gasteiger partial charge on any atom is 0.143 e. The Morgan fingerprint density at radius 1 is 1.15 bits per heavy atom. The number of nitriles is 2. The quantitative estimate of drug-likeness (QED) is 0.932. The van der Waals surface area contributed by atoms with Crippen molar-refractivity contribution in [3.63, 3.8) is 0 Å². The van der Waals surface area contributed by atoms with Crippen LogP contribution in [-0.4, -0.2) is 0 Å². The standard InChI is InChI=1S/C15H9ClFN3/c16-13-6-10(7-18)4-5-11(13)9-20-15-3-1-2-14(17)12(15)8-19/h1-6,20H,9H2. The van der Waals surface area contributed by atoms with Gasteiger partial charge < -0.3 is 5.32 Å². The Bertz CT molecular complexity index is 729. The molecule has 0 saturated heterocycles. The molecule has 0 bridgehead atoms. The summed E-state index contributed by atoms with van der Waals surface area (Å²) in [5.41, 5.74) is 1.62. The molecule has 2 aromatic carbocycles. The van der Waals surface area contributed by atoms with E-state index < -0.39 is 5.82 Å². The van der Waals surface area contributed by atoms with E-state index in [1.54, 1.807) is 24.3 Å². The van der Waals surface area contributed by atoms with Crippen LogP contribution in [0.2, 0.25) is 5.02 Å². The predicted molar refractivity (Wildman–Crippen MR) is 74.6 cm³/mol. The second-order valence-corrected chi connectivity index (χ2v) is 4.45. The molecule has 0 fully saturated rings. The van der Waals surface area contributed by atoms with Crippen molar-refractivity contribution in [1.82, 2.24) is 0 Å². The maximum atomic E-state index is 13.4. The first kappa shape index (κ1) is 13.9. The highest BCUT2D eigenvalue weighted by Crippen LogP contribution is 2.22. The highest BCUT2D eigenvalue weighted by Gasteiger charge is 2.08. The van der Waals surface area contributed by atoms with E-state index in [9.17, 15) is 4.39 Å². The molecule has 0 aliphatic carbocycles. The van der Waals surface area contributed by atoms with Crippen molar-refractivity contribution in [3.8, 4) is 12.1 Å². The number of benzene rings is 2. The third-order valence-electron chi connectivity index (χ3n) is 2.78. The molecule has 20 heavy (non-hydrogen) atoms. The van der Waals surface area contributed by atoms with E-state index in [0.29, 0.717) is 22.8 Å². The van der Waals surface area contributed by atoms with Gasteiger partial charge in [0.25, 0.3) is 0 Å².